The number of aromatic nitrogens is 2. The summed E-state index contributed by atoms with van der Waals surface area (Å²) in [5.41, 5.74) is 1.46. The third kappa shape index (κ3) is 2.47. The first-order chi connectivity index (χ1) is 7.78. The lowest BCUT2D eigenvalue weighted by Gasteiger charge is -2.03. The maximum Gasteiger partial charge on any atom is 0.153 e. The second-order valence-electron chi connectivity index (χ2n) is 3.06. The molecule has 0 aliphatic rings. The van der Waals surface area contributed by atoms with Gasteiger partial charge in [-0.2, -0.15) is 5.26 Å². The van der Waals surface area contributed by atoms with E-state index in [1.165, 1.54) is 0 Å². The normalized spacial score (nSPS) is 9.50. The van der Waals surface area contributed by atoms with Gasteiger partial charge in [-0.05, 0) is 36.4 Å². The second kappa shape index (κ2) is 4.60. The smallest absolute Gasteiger partial charge is 0.153 e. The molecule has 0 bridgehead atoms. The summed E-state index contributed by atoms with van der Waals surface area (Å²) in [7, 11) is 0. The molecule has 0 amide bonds. The summed E-state index contributed by atoms with van der Waals surface area (Å²) in [5.74, 6) is 0.606. The van der Waals surface area contributed by atoms with Gasteiger partial charge in [0.1, 0.15) is 0 Å². The van der Waals surface area contributed by atoms with E-state index in [9.17, 15) is 0 Å². The van der Waals surface area contributed by atoms with E-state index in [0.717, 1.165) is 5.69 Å². The SMILES string of the molecule is N#Cc1ccc(Nc2ccc(Cl)nn2)cc1. The van der Waals surface area contributed by atoms with Crippen LogP contribution >= 0.6 is 11.6 Å². The quantitative estimate of drug-likeness (QED) is 0.862. The van der Waals surface area contributed by atoms with Crippen LogP contribution in [0.4, 0.5) is 11.5 Å². The van der Waals surface area contributed by atoms with E-state index in [-0.39, 0.29) is 0 Å². The van der Waals surface area contributed by atoms with E-state index >= 15 is 0 Å². The van der Waals surface area contributed by atoms with E-state index < -0.39 is 0 Å². The van der Waals surface area contributed by atoms with Gasteiger partial charge in [0.05, 0.1) is 11.6 Å². The topological polar surface area (TPSA) is 61.6 Å². The maximum atomic E-state index is 8.64. The molecule has 2 aromatic rings. The number of anilines is 2. The van der Waals surface area contributed by atoms with Crippen LogP contribution in [-0.2, 0) is 0 Å². The first-order valence-electron chi connectivity index (χ1n) is 4.54. The Kier molecular flexibility index (Phi) is 2.99. The van der Waals surface area contributed by atoms with Crippen molar-refractivity contribution in [1.82, 2.24) is 10.2 Å². The van der Waals surface area contributed by atoms with E-state index in [1.807, 2.05) is 0 Å². The van der Waals surface area contributed by atoms with Crippen LogP contribution in [0, 0.1) is 11.3 Å². The number of rotatable bonds is 2. The van der Waals surface area contributed by atoms with Crippen molar-refractivity contribution in [3.63, 3.8) is 0 Å². The van der Waals surface area contributed by atoms with E-state index in [2.05, 4.69) is 21.6 Å². The van der Waals surface area contributed by atoms with Crippen molar-refractivity contribution in [1.29, 1.82) is 5.26 Å². The average molecular weight is 231 g/mol. The Bertz CT molecular complexity index is 513. The van der Waals surface area contributed by atoms with Gasteiger partial charge in [-0.3, -0.25) is 0 Å². The largest absolute Gasteiger partial charge is 0.339 e. The van der Waals surface area contributed by atoms with Gasteiger partial charge in [0.25, 0.3) is 0 Å². The lowest BCUT2D eigenvalue weighted by atomic mass is 10.2. The fraction of sp³-hybridized carbons (Fsp3) is 0. The summed E-state index contributed by atoms with van der Waals surface area (Å²) in [5, 5.41) is 19.6. The van der Waals surface area contributed by atoms with Crippen LogP contribution in [-0.4, -0.2) is 10.2 Å². The summed E-state index contributed by atoms with van der Waals surface area (Å²) in [6, 6.07) is 12.5. The number of nitriles is 1. The van der Waals surface area contributed by atoms with Crippen LogP contribution in [0.25, 0.3) is 0 Å². The number of hydrogen-bond acceptors (Lipinski definition) is 4. The van der Waals surface area contributed by atoms with Crippen molar-refractivity contribution in [3.05, 3.63) is 47.1 Å². The Balaban J connectivity index is 2.15. The highest BCUT2D eigenvalue weighted by atomic mass is 35.5. The van der Waals surface area contributed by atoms with Crippen molar-refractivity contribution in [2.75, 3.05) is 5.32 Å². The fourth-order valence-corrected chi connectivity index (χ4v) is 1.26. The molecule has 1 aromatic heterocycles. The third-order valence-electron chi connectivity index (χ3n) is 1.92. The standard InChI is InChI=1S/C11H7ClN4/c12-10-5-6-11(16-15-10)14-9-3-1-8(7-13)2-4-9/h1-6H,(H,14,16). The molecule has 0 spiro atoms. The predicted octanol–water partition coefficient (Wildman–Crippen LogP) is 2.75. The molecule has 0 atom stereocenters. The van der Waals surface area contributed by atoms with Gasteiger partial charge in [0.2, 0.25) is 0 Å². The van der Waals surface area contributed by atoms with Gasteiger partial charge in [-0.1, -0.05) is 11.6 Å². The first kappa shape index (κ1) is 10.4. The Morgan fingerprint density at radius 3 is 2.38 bits per heavy atom. The van der Waals surface area contributed by atoms with Crippen LogP contribution in [0.5, 0.6) is 0 Å². The molecule has 4 nitrogen and oxygen atoms in total. The molecule has 2 rings (SSSR count). The second-order valence-corrected chi connectivity index (χ2v) is 3.44. The molecule has 1 N–H and O–H groups in total. The van der Waals surface area contributed by atoms with Gasteiger partial charge in [0.15, 0.2) is 11.0 Å². The molecule has 0 saturated heterocycles. The Labute approximate surface area is 97.5 Å². The zero-order valence-electron chi connectivity index (χ0n) is 8.18. The minimum Gasteiger partial charge on any atom is -0.339 e. The Hall–Kier alpha value is -2.12. The molecule has 5 heteroatoms. The Morgan fingerprint density at radius 1 is 1.06 bits per heavy atom. The van der Waals surface area contributed by atoms with E-state index in [1.54, 1.807) is 36.4 Å². The number of benzene rings is 1. The number of halogens is 1. The number of nitrogens with one attached hydrogen (secondary N) is 1. The monoisotopic (exact) mass is 230 g/mol. The van der Waals surface area contributed by atoms with Crippen molar-refractivity contribution in [2.24, 2.45) is 0 Å². The minimum atomic E-state index is 0.352. The lowest BCUT2D eigenvalue weighted by molar-refractivity contribution is 1.04. The lowest BCUT2D eigenvalue weighted by Crippen LogP contribution is -1.94. The molecule has 0 unspecified atom stereocenters. The average Bonchev–Trinajstić information content (AvgIpc) is 2.33. The first-order valence-corrected chi connectivity index (χ1v) is 4.92. The molecule has 0 aliphatic heterocycles. The molecular weight excluding hydrogens is 224 g/mol. The molecule has 78 valence electrons. The summed E-state index contributed by atoms with van der Waals surface area (Å²) >= 11 is 5.62. The van der Waals surface area contributed by atoms with Crippen LogP contribution in [0.15, 0.2) is 36.4 Å². The Morgan fingerprint density at radius 2 is 1.81 bits per heavy atom. The number of nitrogens with zero attached hydrogens (tertiary/aromatic N) is 3. The minimum absolute atomic E-state index is 0.352. The molecule has 1 heterocycles. The van der Waals surface area contributed by atoms with Crippen LogP contribution in [0.1, 0.15) is 5.56 Å². The molecule has 0 aliphatic carbocycles. The summed E-state index contributed by atoms with van der Waals surface area (Å²) in [6.07, 6.45) is 0. The summed E-state index contributed by atoms with van der Waals surface area (Å²) < 4.78 is 0. The van der Waals surface area contributed by atoms with Crippen molar-refractivity contribution < 1.29 is 0 Å². The van der Waals surface area contributed by atoms with Crippen LogP contribution < -0.4 is 5.32 Å². The van der Waals surface area contributed by atoms with Crippen molar-refractivity contribution in [3.8, 4) is 6.07 Å². The predicted molar refractivity (Wildman–Crippen MR) is 61.5 cm³/mol. The molecule has 0 saturated carbocycles. The van der Waals surface area contributed by atoms with Crippen molar-refractivity contribution >= 4 is 23.1 Å². The van der Waals surface area contributed by atoms with E-state index in [4.69, 9.17) is 16.9 Å². The zero-order valence-corrected chi connectivity index (χ0v) is 8.94. The van der Waals surface area contributed by atoms with Gasteiger partial charge in [-0.15, -0.1) is 10.2 Å². The fourth-order valence-electron chi connectivity index (χ4n) is 1.16. The van der Waals surface area contributed by atoms with Gasteiger partial charge in [-0.25, -0.2) is 0 Å². The number of hydrogen-bond donors (Lipinski definition) is 1. The van der Waals surface area contributed by atoms with Crippen LogP contribution in [0.2, 0.25) is 5.15 Å². The summed E-state index contributed by atoms with van der Waals surface area (Å²) in [4.78, 5) is 0. The summed E-state index contributed by atoms with van der Waals surface area (Å²) in [6.45, 7) is 0. The van der Waals surface area contributed by atoms with Crippen molar-refractivity contribution in [2.45, 2.75) is 0 Å². The van der Waals surface area contributed by atoms with Crippen LogP contribution in [0.3, 0.4) is 0 Å². The zero-order chi connectivity index (χ0) is 11.4. The molecule has 0 fully saturated rings. The van der Waals surface area contributed by atoms with Gasteiger partial charge >= 0.3 is 0 Å². The third-order valence-corrected chi connectivity index (χ3v) is 2.12. The van der Waals surface area contributed by atoms with Gasteiger partial charge < -0.3 is 5.32 Å². The highest BCUT2D eigenvalue weighted by Gasteiger charge is 1.97. The van der Waals surface area contributed by atoms with Gasteiger partial charge in [0, 0.05) is 5.69 Å². The highest BCUT2D eigenvalue weighted by molar-refractivity contribution is 6.29. The van der Waals surface area contributed by atoms with E-state index in [0.29, 0.717) is 16.5 Å². The molecule has 16 heavy (non-hydrogen) atoms. The molecule has 0 radical (unpaired) electrons. The molecule has 1 aromatic carbocycles. The maximum absolute atomic E-state index is 8.64. The molecular formula is C11H7ClN4. The highest BCUT2D eigenvalue weighted by Crippen LogP contribution is 2.15.